The highest BCUT2D eigenvalue weighted by molar-refractivity contribution is 7.86. The van der Waals surface area contributed by atoms with Crippen molar-refractivity contribution in [1.29, 1.82) is 0 Å². The molecule has 7 heterocycles. The number of pyridine rings is 1. The number of halogens is 3. The van der Waals surface area contributed by atoms with Crippen LogP contribution in [0.25, 0.3) is 33.5 Å². The van der Waals surface area contributed by atoms with E-state index in [-0.39, 0.29) is 74.4 Å². The monoisotopic (exact) mass is 1740 g/mol. The zero-order chi connectivity index (χ0) is 85.5. The van der Waals surface area contributed by atoms with E-state index in [2.05, 4.69) is 56.1 Å². The third-order valence-electron chi connectivity index (χ3n) is 26.7. The molecule has 4 atom stereocenters. The summed E-state index contributed by atoms with van der Waals surface area (Å²) >= 11 is 0. The molecule has 4 unspecified atom stereocenters. The molecule has 3 amide bonds. The van der Waals surface area contributed by atoms with Crippen LogP contribution in [-0.4, -0.2) is 167 Å². The molecule has 30 heteroatoms. The molecule has 9 fully saturated rings. The molecule has 6 aliphatic heterocycles. The number of aromatic nitrogens is 1. The quantitative estimate of drug-likeness (QED) is 0.0384. The van der Waals surface area contributed by atoms with E-state index >= 15 is 4.39 Å². The minimum absolute atomic E-state index is 0.0537. The number of hydrogen-bond acceptors (Lipinski definition) is 18. The van der Waals surface area contributed by atoms with Gasteiger partial charge >= 0.3 is 12.2 Å². The molecule has 3 saturated carbocycles. The van der Waals surface area contributed by atoms with Crippen LogP contribution < -0.4 is 28.9 Å². The Morgan fingerprint density at radius 2 is 0.829 bits per heavy atom. The Labute approximate surface area is 713 Å². The fourth-order valence-electron chi connectivity index (χ4n) is 19.4. The first-order valence-corrected chi connectivity index (χ1v) is 46.5. The van der Waals surface area contributed by atoms with Crippen LogP contribution in [-0.2, 0) is 64.3 Å². The molecule has 3 aliphatic carbocycles. The molecule has 9 aromatic rings. The summed E-state index contributed by atoms with van der Waals surface area (Å²) in [6.07, 6.45) is 9.24. The number of rotatable bonds is 28. The maximum atomic E-state index is 15.1. The lowest BCUT2D eigenvalue weighted by Crippen LogP contribution is -2.46. The molecule has 123 heavy (non-hydrogen) atoms. The van der Waals surface area contributed by atoms with E-state index in [1.165, 1.54) is 107 Å². The van der Waals surface area contributed by atoms with Gasteiger partial charge in [-0.25, -0.2) is 22.8 Å². The zero-order valence-electron chi connectivity index (χ0n) is 68.0. The highest BCUT2D eigenvalue weighted by Gasteiger charge is 2.51. The summed E-state index contributed by atoms with van der Waals surface area (Å²) in [5, 5.41) is 0. The fraction of sp³-hybridized carbons (Fsp3) is 0.398. The van der Waals surface area contributed by atoms with Crippen molar-refractivity contribution in [2.24, 2.45) is 17.3 Å². The van der Waals surface area contributed by atoms with E-state index in [0.29, 0.717) is 176 Å². The van der Waals surface area contributed by atoms with Crippen molar-refractivity contribution in [2.75, 3.05) is 93.4 Å². The third kappa shape index (κ3) is 18.2. The molecule has 3 spiro atoms. The minimum Gasteiger partial charge on any atom is -0.494 e. The predicted molar refractivity (Wildman–Crippen MR) is 453 cm³/mol. The van der Waals surface area contributed by atoms with Gasteiger partial charge in [0.2, 0.25) is 5.91 Å². The van der Waals surface area contributed by atoms with Crippen molar-refractivity contribution in [2.45, 2.75) is 154 Å². The second-order valence-corrected chi connectivity index (χ2v) is 39.1. The molecule has 8 aromatic carbocycles. The lowest BCUT2D eigenvalue weighted by atomic mass is 9.77. The number of likely N-dealkylation sites (tertiary alicyclic amines) is 3. The smallest absolute Gasteiger partial charge is 0.415 e. The average molecular weight is 1740 g/mol. The Morgan fingerprint density at radius 1 is 0.447 bits per heavy atom. The largest absolute Gasteiger partial charge is 0.494 e. The van der Waals surface area contributed by atoms with Gasteiger partial charge < -0.3 is 28.6 Å². The van der Waals surface area contributed by atoms with Gasteiger partial charge in [-0.05, 0) is 291 Å². The number of hydrogen-bond donors (Lipinski definition) is 3. The number of ether oxygens (including phenoxy) is 5. The maximum absolute atomic E-state index is 15.1. The number of benzene rings is 8. The lowest BCUT2D eigenvalue weighted by Gasteiger charge is -2.39. The second kappa shape index (κ2) is 33.3. The Morgan fingerprint density at radius 3 is 1.22 bits per heavy atom. The first kappa shape index (κ1) is 83.6. The zero-order valence-corrected chi connectivity index (χ0v) is 70.4. The van der Waals surface area contributed by atoms with Crippen LogP contribution in [0.1, 0.15) is 142 Å². The predicted octanol–water partition coefficient (Wildman–Crippen LogP) is 16.7. The first-order chi connectivity index (χ1) is 59.0. The lowest BCUT2D eigenvalue weighted by molar-refractivity contribution is -0.118. The molecule has 18 rings (SSSR count). The van der Waals surface area contributed by atoms with Crippen molar-refractivity contribution in [3.05, 3.63) is 227 Å². The van der Waals surface area contributed by atoms with Crippen molar-refractivity contribution in [3.63, 3.8) is 0 Å². The summed E-state index contributed by atoms with van der Waals surface area (Å²) in [5.41, 5.74) is 11.0. The number of amides is 3. The Balaban J connectivity index is 0.597. The third-order valence-corrected chi connectivity index (χ3v) is 29.3. The molecular weight excluding hydrogens is 1640 g/mol. The van der Waals surface area contributed by atoms with Crippen LogP contribution in [0, 0.1) is 34.7 Å². The minimum atomic E-state index is -4.44. The number of nitrogens with zero attached hydrogens (tertiary/aromatic N) is 7. The van der Waals surface area contributed by atoms with Crippen molar-refractivity contribution in [3.8, 4) is 50.8 Å². The number of anilines is 3. The molecule has 3 N–H and O–H groups in total. The summed E-state index contributed by atoms with van der Waals surface area (Å²) in [7, 11) is -13.3. The van der Waals surface area contributed by atoms with Gasteiger partial charge in [-0.2, -0.15) is 25.3 Å². The van der Waals surface area contributed by atoms with Gasteiger partial charge in [0.15, 0.2) is 0 Å². The standard InChI is InChI=1S/C93H96F3N7O17S3/c1-2-116-85-48-79(60-5-9-67(94)10-6-60)81(46-65(85)54-100-39-33-93(34-40-100)58-103(90(106)120-93)72-18-24-75(25-19-72)123(113,114)115)77-43-62(77)27-41-117-86-49-80(61-7-11-68(95)12-8-61)82(47-66(86)55-98-35-29-91(30-36-98)51-88(104)101(56-91)70-14-20-73(21-15-70)121(107,108)109)78-44-63(78)28-42-118-87-50-83(84-26-13-69(96)52-97-84)76(59-3-4-59)45-64(87)53-99-37-31-92(32-38-99)57-102(89(105)119-92)71-16-22-74(23-17-71)122(110,111)112/h5-26,45-50,52,59,62-63,77-78H,2-4,27-44,51,53-58H2,1H3,(H,107,108,109)(H,110,111,112)(H,113,114,115). The van der Waals surface area contributed by atoms with Gasteiger partial charge in [0.25, 0.3) is 30.4 Å². The molecule has 1 aromatic heterocycles. The fourth-order valence-corrected chi connectivity index (χ4v) is 20.9. The van der Waals surface area contributed by atoms with E-state index in [4.69, 9.17) is 23.7 Å². The van der Waals surface area contributed by atoms with E-state index in [1.807, 2.05) is 19.1 Å². The number of carbonyl (C=O) groups excluding carboxylic acids is 3. The van der Waals surface area contributed by atoms with Crippen LogP contribution >= 0.6 is 0 Å². The summed E-state index contributed by atoms with van der Waals surface area (Å²) in [6.45, 7) is 9.47. The summed E-state index contributed by atoms with van der Waals surface area (Å²) < 4.78 is 177. The first-order valence-electron chi connectivity index (χ1n) is 42.2. The van der Waals surface area contributed by atoms with Gasteiger partial charge in [0.1, 0.15) is 45.9 Å². The van der Waals surface area contributed by atoms with E-state index in [1.54, 1.807) is 35.2 Å². The van der Waals surface area contributed by atoms with Gasteiger partial charge in [0, 0.05) is 124 Å². The van der Waals surface area contributed by atoms with Gasteiger partial charge in [0.05, 0.1) is 59.5 Å². The molecule has 644 valence electrons. The Bertz CT molecular complexity index is 5890. The number of piperidine rings is 3. The average Bonchev–Trinajstić information content (AvgIpc) is 1.68. The van der Waals surface area contributed by atoms with E-state index < -0.39 is 59.6 Å². The van der Waals surface area contributed by atoms with Crippen LogP contribution in [0.2, 0.25) is 0 Å². The van der Waals surface area contributed by atoms with Crippen LogP contribution in [0.4, 0.5) is 39.8 Å². The Hall–Kier alpha value is -10.3. The topological polar surface area (TPSA) is 293 Å². The van der Waals surface area contributed by atoms with E-state index in [9.17, 15) is 62.1 Å². The van der Waals surface area contributed by atoms with Crippen molar-refractivity contribution in [1.82, 2.24) is 19.7 Å². The molecule has 24 nitrogen and oxygen atoms in total. The molecule has 0 bridgehead atoms. The highest BCUT2D eigenvalue weighted by Crippen LogP contribution is 2.57. The summed E-state index contributed by atoms with van der Waals surface area (Å²) in [5.74, 6) is 1.78. The molecule has 0 radical (unpaired) electrons. The Kier molecular flexibility index (Phi) is 22.7. The molecule has 9 aliphatic rings. The van der Waals surface area contributed by atoms with Gasteiger partial charge in [-0.15, -0.1) is 0 Å². The van der Waals surface area contributed by atoms with E-state index in [0.717, 1.165) is 99.7 Å². The van der Waals surface area contributed by atoms with Crippen LogP contribution in [0.3, 0.4) is 0 Å². The second-order valence-electron chi connectivity index (χ2n) is 34.9. The SMILES string of the molecule is CCOc1cc(-c2ccc(F)cc2)c(C2CC2CCOc2cc(-c3ccc(F)cc3)c(C3CC3CCOc3cc(-c4ccc(F)cn4)c(C4CC4)cc3CN3CCC4(CC3)CN(c3ccc(S(=O)(=O)O)cc3)C(=O)O4)cc2CN2CCC3(CC2)CC(=O)N(c2ccc(S(=O)(=O)O)cc2)C3)cc1CN1CCC2(CC1)CN(c1ccc(S(=O)(=O)O)cc1)C(=O)O2. The molecular formula is C93H96F3N7O17S3. The van der Waals surface area contributed by atoms with Crippen molar-refractivity contribution >= 4 is 65.5 Å². The van der Waals surface area contributed by atoms with Crippen molar-refractivity contribution < 1.29 is 90.2 Å². The van der Waals surface area contributed by atoms with Gasteiger partial charge in [-0.3, -0.25) is 47.9 Å². The number of carbonyl (C=O) groups is 3. The van der Waals surface area contributed by atoms with Crippen LogP contribution in [0.15, 0.2) is 191 Å². The summed E-state index contributed by atoms with van der Waals surface area (Å²) in [6, 6.07) is 45.9. The van der Waals surface area contributed by atoms with Crippen LogP contribution in [0.5, 0.6) is 17.2 Å². The van der Waals surface area contributed by atoms with Gasteiger partial charge in [-0.1, -0.05) is 24.3 Å². The maximum Gasteiger partial charge on any atom is 0.415 e. The highest BCUT2D eigenvalue weighted by atomic mass is 32.2. The molecule has 6 saturated heterocycles. The normalized spacial score (nSPS) is 21.5. The summed E-state index contributed by atoms with van der Waals surface area (Å²) in [4.78, 5) is 56.3.